The van der Waals surface area contributed by atoms with Gasteiger partial charge in [-0.25, -0.2) is 0 Å². The second-order valence-corrected chi connectivity index (χ2v) is 5.02. The van der Waals surface area contributed by atoms with E-state index in [9.17, 15) is 15.2 Å². The fraction of sp³-hybridized carbons (Fsp3) is 0.188. The molecular formula is C16H14N2O5. The number of para-hydroxylation sites is 1. The first-order chi connectivity index (χ1) is 11.1. The van der Waals surface area contributed by atoms with Gasteiger partial charge >= 0.3 is 6.04 Å². The van der Waals surface area contributed by atoms with Crippen LogP contribution in [0.15, 0.2) is 53.7 Å². The van der Waals surface area contributed by atoms with E-state index in [0.717, 1.165) is 0 Å². The Morgan fingerprint density at radius 2 is 1.91 bits per heavy atom. The third kappa shape index (κ3) is 2.68. The molecule has 0 saturated heterocycles. The molecule has 2 aromatic rings. The van der Waals surface area contributed by atoms with Gasteiger partial charge < -0.3 is 14.7 Å². The topological polar surface area (TPSA) is 94.2 Å². The van der Waals surface area contributed by atoms with Crippen molar-refractivity contribution in [1.29, 1.82) is 0 Å². The number of oxime groups is 1. The Morgan fingerprint density at radius 3 is 2.52 bits per heavy atom. The predicted octanol–water partition coefficient (Wildman–Crippen LogP) is 2.52. The summed E-state index contributed by atoms with van der Waals surface area (Å²) in [6, 6.07) is 11.9. The molecule has 7 heteroatoms. The molecule has 2 atom stereocenters. The fourth-order valence-electron chi connectivity index (χ4n) is 2.52. The van der Waals surface area contributed by atoms with Crippen molar-refractivity contribution in [2.24, 2.45) is 5.16 Å². The van der Waals surface area contributed by atoms with E-state index >= 15 is 0 Å². The SMILES string of the molecule is COc1ccc(C2=NOC(c3ccccc3O)C2[N+](=O)[O-])cc1. The number of phenols is 1. The van der Waals surface area contributed by atoms with Crippen LogP contribution in [0, 0.1) is 10.1 Å². The molecule has 1 aliphatic rings. The minimum absolute atomic E-state index is 0.0597. The maximum Gasteiger partial charge on any atom is 0.301 e. The minimum Gasteiger partial charge on any atom is -0.508 e. The van der Waals surface area contributed by atoms with Gasteiger partial charge in [0.1, 0.15) is 11.5 Å². The Labute approximate surface area is 131 Å². The van der Waals surface area contributed by atoms with Gasteiger partial charge in [-0.3, -0.25) is 10.1 Å². The lowest BCUT2D eigenvalue weighted by atomic mass is 9.95. The van der Waals surface area contributed by atoms with E-state index in [2.05, 4.69) is 5.16 Å². The zero-order chi connectivity index (χ0) is 16.4. The lowest BCUT2D eigenvalue weighted by Gasteiger charge is -2.14. The second-order valence-electron chi connectivity index (χ2n) is 5.02. The largest absolute Gasteiger partial charge is 0.508 e. The molecule has 3 rings (SSSR count). The van der Waals surface area contributed by atoms with E-state index < -0.39 is 17.1 Å². The first kappa shape index (κ1) is 14.8. The molecule has 118 valence electrons. The van der Waals surface area contributed by atoms with Crippen LogP contribution in [0.5, 0.6) is 11.5 Å². The molecule has 2 aromatic carbocycles. The van der Waals surface area contributed by atoms with Crippen LogP contribution in [0.1, 0.15) is 17.2 Å². The van der Waals surface area contributed by atoms with Crippen LogP contribution in [0.4, 0.5) is 0 Å². The van der Waals surface area contributed by atoms with Gasteiger partial charge in [-0.2, -0.15) is 0 Å². The molecule has 23 heavy (non-hydrogen) atoms. The summed E-state index contributed by atoms with van der Waals surface area (Å²) in [6.07, 6.45) is -0.969. The van der Waals surface area contributed by atoms with Crippen molar-refractivity contribution in [3.8, 4) is 11.5 Å². The van der Waals surface area contributed by atoms with Gasteiger partial charge in [0.05, 0.1) is 7.11 Å². The van der Waals surface area contributed by atoms with E-state index in [0.29, 0.717) is 16.9 Å². The molecular weight excluding hydrogens is 300 g/mol. The smallest absolute Gasteiger partial charge is 0.301 e. The van der Waals surface area contributed by atoms with Gasteiger partial charge in [0.2, 0.25) is 6.10 Å². The van der Waals surface area contributed by atoms with Crippen molar-refractivity contribution >= 4 is 5.71 Å². The zero-order valence-electron chi connectivity index (χ0n) is 12.2. The Balaban J connectivity index is 1.96. The van der Waals surface area contributed by atoms with Crippen molar-refractivity contribution in [2.45, 2.75) is 12.1 Å². The van der Waals surface area contributed by atoms with Crippen LogP contribution in [0.2, 0.25) is 0 Å². The summed E-state index contributed by atoms with van der Waals surface area (Å²) in [6.45, 7) is 0. The number of methoxy groups -OCH3 is 1. The lowest BCUT2D eigenvalue weighted by molar-refractivity contribution is -0.512. The highest BCUT2D eigenvalue weighted by Gasteiger charge is 2.46. The van der Waals surface area contributed by atoms with Crippen LogP contribution in [0.3, 0.4) is 0 Å². The molecule has 1 N–H and O–H groups in total. The normalized spacial score (nSPS) is 19.8. The van der Waals surface area contributed by atoms with Crippen LogP contribution in [-0.2, 0) is 4.84 Å². The first-order valence-electron chi connectivity index (χ1n) is 6.91. The van der Waals surface area contributed by atoms with Crippen LogP contribution in [-0.4, -0.2) is 28.9 Å². The molecule has 7 nitrogen and oxygen atoms in total. The van der Waals surface area contributed by atoms with Crippen molar-refractivity contribution in [2.75, 3.05) is 7.11 Å². The molecule has 0 saturated carbocycles. The number of ether oxygens (including phenoxy) is 1. The van der Waals surface area contributed by atoms with Gasteiger partial charge in [-0.15, -0.1) is 0 Å². The number of aromatic hydroxyl groups is 1. The van der Waals surface area contributed by atoms with Crippen LogP contribution >= 0.6 is 0 Å². The lowest BCUT2D eigenvalue weighted by Crippen LogP contribution is -2.32. The third-order valence-corrected chi connectivity index (χ3v) is 3.69. The Hall–Kier alpha value is -3.09. The molecule has 0 bridgehead atoms. The maximum absolute atomic E-state index is 11.5. The molecule has 2 unspecified atom stereocenters. The maximum atomic E-state index is 11.5. The molecule has 1 heterocycles. The molecule has 0 aromatic heterocycles. The van der Waals surface area contributed by atoms with E-state index in [4.69, 9.17) is 9.57 Å². The summed E-state index contributed by atoms with van der Waals surface area (Å²) in [5.74, 6) is 0.582. The first-order valence-corrected chi connectivity index (χ1v) is 6.91. The molecule has 0 fully saturated rings. The van der Waals surface area contributed by atoms with E-state index in [1.165, 1.54) is 6.07 Å². The summed E-state index contributed by atoms with van der Waals surface area (Å²) in [4.78, 5) is 16.4. The van der Waals surface area contributed by atoms with E-state index in [-0.39, 0.29) is 11.5 Å². The second kappa shape index (κ2) is 5.96. The quantitative estimate of drug-likeness (QED) is 0.691. The number of benzene rings is 2. The Bertz CT molecular complexity index is 757. The third-order valence-electron chi connectivity index (χ3n) is 3.69. The molecule has 0 amide bonds. The highest BCUT2D eigenvalue weighted by Crippen LogP contribution is 2.36. The van der Waals surface area contributed by atoms with Gasteiger partial charge in [0.25, 0.3) is 0 Å². The summed E-state index contributed by atoms with van der Waals surface area (Å²) in [5.41, 5.74) is 1.12. The number of hydrogen-bond donors (Lipinski definition) is 1. The average molecular weight is 314 g/mol. The molecule has 0 spiro atoms. The highest BCUT2D eigenvalue weighted by atomic mass is 16.7. The standard InChI is InChI=1S/C16H14N2O5/c1-22-11-8-6-10(7-9-11)14-15(18(20)21)16(23-17-14)12-4-2-3-5-13(12)19/h2-9,15-16,19H,1H3. The number of phenolic OH excluding ortho intramolecular Hbond substituents is 1. The molecule has 1 aliphatic heterocycles. The summed E-state index contributed by atoms with van der Waals surface area (Å²) in [7, 11) is 1.54. The number of hydrogen-bond acceptors (Lipinski definition) is 6. The minimum atomic E-state index is -1.20. The predicted molar refractivity (Wildman–Crippen MR) is 82.2 cm³/mol. The van der Waals surface area contributed by atoms with E-state index in [1.807, 2.05) is 0 Å². The van der Waals surface area contributed by atoms with Crippen LogP contribution < -0.4 is 4.74 Å². The van der Waals surface area contributed by atoms with Crippen LogP contribution in [0.25, 0.3) is 0 Å². The zero-order valence-corrected chi connectivity index (χ0v) is 12.2. The van der Waals surface area contributed by atoms with Crippen molar-refractivity contribution in [1.82, 2.24) is 0 Å². The average Bonchev–Trinajstić information content (AvgIpc) is 3.00. The Morgan fingerprint density at radius 1 is 1.22 bits per heavy atom. The van der Waals surface area contributed by atoms with Gasteiger partial charge in [0, 0.05) is 16.1 Å². The van der Waals surface area contributed by atoms with Crippen molar-refractivity contribution < 1.29 is 19.6 Å². The number of rotatable bonds is 4. The summed E-state index contributed by atoms with van der Waals surface area (Å²) >= 11 is 0. The number of nitrogens with zero attached hydrogens (tertiary/aromatic N) is 2. The highest BCUT2D eigenvalue weighted by molar-refractivity contribution is 6.04. The molecule has 0 aliphatic carbocycles. The van der Waals surface area contributed by atoms with E-state index in [1.54, 1.807) is 49.6 Å². The van der Waals surface area contributed by atoms with Crippen molar-refractivity contribution in [3.05, 3.63) is 69.8 Å². The Kier molecular flexibility index (Phi) is 3.84. The van der Waals surface area contributed by atoms with Gasteiger partial charge in [0.15, 0.2) is 5.71 Å². The monoisotopic (exact) mass is 314 g/mol. The van der Waals surface area contributed by atoms with Gasteiger partial charge in [-0.1, -0.05) is 23.4 Å². The van der Waals surface area contributed by atoms with Gasteiger partial charge in [-0.05, 0) is 30.3 Å². The fourth-order valence-corrected chi connectivity index (χ4v) is 2.52. The summed E-state index contributed by atoms with van der Waals surface area (Å²) in [5, 5.41) is 25.4. The number of nitro groups is 1. The molecule has 0 radical (unpaired) electrons. The summed E-state index contributed by atoms with van der Waals surface area (Å²) < 4.78 is 5.07. The van der Waals surface area contributed by atoms with Crippen molar-refractivity contribution in [3.63, 3.8) is 0 Å².